The molecule has 1 aliphatic heterocycles. The van der Waals surface area contributed by atoms with Crippen LogP contribution in [0, 0.1) is 0 Å². The molecule has 106 valence electrons. The Labute approximate surface area is 117 Å². The van der Waals surface area contributed by atoms with Crippen LogP contribution < -0.4 is 5.32 Å². The lowest BCUT2D eigenvalue weighted by atomic mass is 9.93. The molecule has 0 bridgehead atoms. The first-order valence-corrected chi connectivity index (χ1v) is 6.97. The first kappa shape index (κ1) is 13.0. The van der Waals surface area contributed by atoms with Gasteiger partial charge in [-0.05, 0) is 30.5 Å². The van der Waals surface area contributed by atoms with Gasteiger partial charge >= 0.3 is 0 Å². The zero-order chi connectivity index (χ0) is 14.2. The molecule has 0 atom stereocenters. The number of phenols is 1. The molecule has 1 spiro atoms. The fraction of sp³-hybridized carbons (Fsp3) is 0.467. The fourth-order valence-corrected chi connectivity index (χ4v) is 3.23. The van der Waals surface area contributed by atoms with E-state index in [1.165, 1.54) is 0 Å². The highest BCUT2D eigenvalue weighted by Crippen LogP contribution is 2.33. The second kappa shape index (κ2) is 4.81. The minimum atomic E-state index is -0.674. The zero-order valence-electron chi connectivity index (χ0n) is 11.3. The van der Waals surface area contributed by atoms with Crippen LogP contribution in [-0.4, -0.2) is 33.9 Å². The van der Waals surface area contributed by atoms with Crippen molar-refractivity contribution < 1.29 is 14.7 Å². The van der Waals surface area contributed by atoms with Crippen LogP contribution in [0.3, 0.4) is 0 Å². The molecule has 20 heavy (non-hydrogen) atoms. The monoisotopic (exact) mass is 274 g/mol. The van der Waals surface area contributed by atoms with Crippen molar-refractivity contribution in [2.24, 2.45) is 0 Å². The number of benzene rings is 1. The van der Waals surface area contributed by atoms with Crippen LogP contribution in [0.25, 0.3) is 0 Å². The summed E-state index contributed by atoms with van der Waals surface area (Å²) in [5.74, 6) is 0.0941. The minimum absolute atomic E-state index is 0.0120. The van der Waals surface area contributed by atoms with Gasteiger partial charge in [-0.15, -0.1) is 0 Å². The molecule has 2 fully saturated rings. The van der Waals surface area contributed by atoms with Gasteiger partial charge in [-0.25, -0.2) is 0 Å². The summed E-state index contributed by atoms with van der Waals surface area (Å²) in [6.45, 7) is 0.457. The number of carbonyl (C=O) groups excluding carboxylic acids is 2. The molecule has 0 aromatic heterocycles. The molecule has 1 aromatic rings. The Morgan fingerprint density at radius 2 is 2.00 bits per heavy atom. The van der Waals surface area contributed by atoms with E-state index in [-0.39, 0.29) is 24.1 Å². The molecule has 0 unspecified atom stereocenters. The van der Waals surface area contributed by atoms with E-state index in [0.29, 0.717) is 6.54 Å². The molecule has 1 saturated heterocycles. The number of rotatable bonds is 2. The number of amides is 2. The van der Waals surface area contributed by atoms with Crippen molar-refractivity contribution in [1.29, 1.82) is 0 Å². The van der Waals surface area contributed by atoms with Gasteiger partial charge in [0.25, 0.3) is 0 Å². The average Bonchev–Trinajstić information content (AvgIpc) is 2.85. The van der Waals surface area contributed by atoms with Crippen molar-refractivity contribution in [3.8, 4) is 5.75 Å². The Bertz CT molecular complexity index is 550. The SMILES string of the molecule is O=C1CN(Cc2cccc(O)c2)C(=O)C2(CCCC2)N1. The summed E-state index contributed by atoms with van der Waals surface area (Å²) in [5, 5.41) is 12.4. The van der Waals surface area contributed by atoms with E-state index in [2.05, 4.69) is 5.32 Å². The highest BCUT2D eigenvalue weighted by molar-refractivity contribution is 5.98. The van der Waals surface area contributed by atoms with E-state index in [9.17, 15) is 14.7 Å². The third kappa shape index (κ3) is 2.24. The van der Waals surface area contributed by atoms with Gasteiger partial charge in [-0.2, -0.15) is 0 Å². The van der Waals surface area contributed by atoms with Crippen molar-refractivity contribution in [3.05, 3.63) is 29.8 Å². The first-order chi connectivity index (χ1) is 9.59. The molecule has 0 radical (unpaired) electrons. The van der Waals surface area contributed by atoms with Crippen molar-refractivity contribution in [1.82, 2.24) is 10.2 Å². The number of piperazine rings is 1. The van der Waals surface area contributed by atoms with Gasteiger partial charge in [0.2, 0.25) is 11.8 Å². The smallest absolute Gasteiger partial charge is 0.249 e. The third-order valence-electron chi connectivity index (χ3n) is 4.15. The maximum absolute atomic E-state index is 12.6. The minimum Gasteiger partial charge on any atom is -0.508 e. The molecule has 1 aliphatic carbocycles. The van der Waals surface area contributed by atoms with Crippen molar-refractivity contribution in [3.63, 3.8) is 0 Å². The van der Waals surface area contributed by atoms with Crippen LogP contribution in [0.5, 0.6) is 5.75 Å². The maximum atomic E-state index is 12.6. The molecular formula is C15H18N2O3. The number of nitrogens with zero attached hydrogens (tertiary/aromatic N) is 1. The molecule has 1 heterocycles. The van der Waals surface area contributed by atoms with Crippen molar-refractivity contribution >= 4 is 11.8 Å². The Morgan fingerprint density at radius 1 is 1.25 bits per heavy atom. The highest BCUT2D eigenvalue weighted by atomic mass is 16.3. The summed E-state index contributed by atoms with van der Waals surface area (Å²) in [5.41, 5.74) is 0.160. The van der Waals surface area contributed by atoms with Crippen molar-refractivity contribution in [2.45, 2.75) is 37.8 Å². The molecule has 2 amide bonds. The molecule has 5 heteroatoms. The summed E-state index contributed by atoms with van der Waals surface area (Å²) in [6, 6.07) is 6.80. The largest absolute Gasteiger partial charge is 0.508 e. The average molecular weight is 274 g/mol. The van der Waals surface area contributed by atoms with Crippen LogP contribution >= 0.6 is 0 Å². The lowest BCUT2D eigenvalue weighted by Gasteiger charge is -2.39. The number of hydrogen-bond donors (Lipinski definition) is 2. The number of carbonyl (C=O) groups is 2. The molecule has 1 saturated carbocycles. The van der Waals surface area contributed by atoms with E-state index in [0.717, 1.165) is 31.2 Å². The molecule has 2 aliphatic rings. The lowest BCUT2D eigenvalue weighted by molar-refractivity contribution is -0.150. The van der Waals surface area contributed by atoms with Gasteiger partial charge in [-0.3, -0.25) is 9.59 Å². The molecule has 5 nitrogen and oxygen atoms in total. The molecule has 1 aromatic carbocycles. The van der Waals surface area contributed by atoms with E-state index >= 15 is 0 Å². The number of hydrogen-bond acceptors (Lipinski definition) is 3. The summed E-state index contributed by atoms with van der Waals surface area (Å²) in [6.07, 6.45) is 3.42. The second-order valence-corrected chi connectivity index (χ2v) is 5.67. The van der Waals surface area contributed by atoms with Gasteiger partial charge in [0, 0.05) is 6.54 Å². The van der Waals surface area contributed by atoms with E-state index in [4.69, 9.17) is 0 Å². The highest BCUT2D eigenvalue weighted by Gasteiger charge is 2.48. The summed E-state index contributed by atoms with van der Waals surface area (Å²) < 4.78 is 0. The van der Waals surface area contributed by atoms with Gasteiger partial charge in [-0.1, -0.05) is 25.0 Å². The van der Waals surface area contributed by atoms with E-state index in [1.807, 2.05) is 6.07 Å². The predicted molar refractivity (Wildman–Crippen MR) is 72.9 cm³/mol. The first-order valence-electron chi connectivity index (χ1n) is 6.97. The maximum Gasteiger partial charge on any atom is 0.249 e. The Kier molecular flexibility index (Phi) is 3.12. The third-order valence-corrected chi connectivity index (χ3v) is 4.15. The summed E-state index contributed by atoms with van der Waals surface area (Å²) in [4.78, 5) is 26.1. The topological polar surface area (TPSA) is 69.6 Å². The normalized spacial score (nSPS) is 21.3. The van der Waals surface area contributed by atoms with Gasteiger partial charge in [0.05, 0.1) is 6.54 Å². The Balaban J connectivity index is 1.81. The number of nitrogens with one attached hydrogen (secondary N) is 1. The van der Waals surface area contributed by atoms with Crippen LogP contribution in [0.15, 0.2) is 24.3 Å². The molecule has 2 N–H and O–H groups in total. The van der Waals surface area contributed by atoms with Gasteiger partial charge in [0.15, 0.2) is 0 Å². The molecular weight excluding hydrogens is 256 g/mol. The quantitative estimate of drug-likeness (QED) is 0.850. The van der Waals surface area contributed by atoms with Crippen LogP contribution in [-0.2, 0) is 16.1 Å². The summed E-state index contributed by atoms with van der Waals surface area (Å²) >= 11 is 0. The standard InChI is InChI=1S/C15H18N2O3/c18-12-5-3-4-11(8-12)9-17-10-13(19)16-15(14(17)20)6-1-2-7-15/h3-5,8,18H,1-2,6-7,9-10H2,(H,16,19). The lowest BCUT2D eigenvalue weighted by Crippen LogP contribution is -2.65. The van der Waals surface area contributed by atoms with Crippen LogP contribution in [0.4, 0.5) is 0 Å². The predicted octanol–water partition coefficient (Wildman–Crippen LogP) is 1.16. The number of phenolic OH excluding ortho intramolecular Hbond substituents is 1. The fourth-order valence-electron chi connectivity index (χ4n) is 3.23. The number of aromatic hydroxyl groups is 1. The second-order valence-electron chi connectivity index (χ2n) is 5.67. The van der Waals surface area contributed by atoms with Gasteiger partial charge in [0.1, 0.15) is 11.3 Å². The Morgan fingerprint density at radius 3 is 2.70 bits per heavy atom. The van der Waals surface area contributed by atoms with Gasteiger partial charge < -0.3 is 15.3 Å². The van der Waals surface area contributed by atoms with Crippen molar-refractivity contribution in [2.75, 3.05) is 6.54 Å². The Hall–Kier alpha value is -2.04. The van der Waals surface area contributed by atoms with Crippen LogP contribution in [0.2, 0.25) is 0 Å². The van der Waals surface area contributed by atoms with E-state index < -0.39 is 5.54 Å². The summed E-state index contributed by atoms with van der Waals surface area (Å²) in [7, 11) is 0. The zero-order valence-corrected chi connectivity index (χ0v) is 11.3. The van der Waals surface area contributed by atoms with Crippen LogP contribution in [0.1, 0.15) is 31.2 Å². The van der Waals surface area contributed by atoms with E-state index in [1.54, 1.807) is 23.1 Å². The molecule has 3 rings (SSSR count).